The van der Waals surface area contributed by atoms with Crippen molar-refractivity contribution in [2.24, 2.45) is 10.2 Å². The largest absolute Gasteiger partial charge is 0.478 e. The first-order valence-electron chi connectivity index (χ1n) is 8.76. The number of benzene rings is 2. The van der Waals surface area contributed by atoms with Crippen molar-refractivity contribution in [1.29, 1.82) is 0 Å². The van der Waals surface area contributed by atoms with Gasteiger partial charge in [0.15, 0.2) is 0 Å². The Morgan fingerprint density at radius 2 is 1.00 bits per heavy atom. The van der Waals surface area contributed by atoms with E-state index < -0.39 is 11.9 Å². The Morgan fingerprint density at radius 1 is 0.679 bits per heavy atom. The Kier molecular flexibility index (Phi) is 6.01. The highest BCUT2D eigenvalue weighted by Gasteiger charge is 2.13. The van der Waals surface area contributed by atoms with E-state index in [0.717, 1.165) is 37.3 Å². The van der Waals surface area contributed by atoms with Crippen LogP contribution in [0.15, 0.2) is 58.7 Å². The summed E-state index contributed by atoms with van der Waals surface area (Å²) in [7, 11) is 0. The van der Waals surface area contributed by atoms with Crippen LogP contribution in [-0.4, -0.2) is 70.8 Å². The first-order valence-corrected chi connectivity index (χ1v) is 8.76. The van der Waals surface area contributed by atoms with Gasteiger partial charge in [0.2, 0.25) is 0 Å². The molecule has 0 bridgehead atoms. The van der Waals surface area contributed by atoms with Gasteiger partial charge in [0.05, 0.1) is 49.7 Å². The summed E-state index contributed by atoms with van der Waals surface area (Å²) in [5, 5.41) is 30.6. The second-order valence-electron chi connectivity index (χ2n) is 6.25. The smallest absolute Gasteiger partial charge is 0.335 e. The van der Waals surface area contributed by atoms with Gasteiger partial charge in [0.1, 0.15) is 0 Å². The van der Waals surface area contributed by atoms with Crippen LogP contribution >= 0.6 is 0 Å². The Bertz CT molecular complexity index is 808. The Morgan fingerprint density at radius 3 is 1.29 bits per heavy atom. The van der Waals surface area contributed by atoms with E-state index in [-0.39, 0.29) is 11.1 Å². The van der Waals surface area contributed by atoms with E-state index in [9.17, 15) is 9.59 Å². The number of carboxylic acids is 2. The van der Waals surface area contributed by atoms with Crippen molar-refractivity contribution >= 4 is 24.4 Å². The summed E-state index contributed by atoms with van der Waals surface area (Å²) >= 11 is 0. The molecule has 0 unspecified atom stereocenters. The van der Waals surface area contributed by atoms with Gasteiger partial charge in [0, 0.05) is 0 Å². The van der Waals surface area contributed by atoms with E-state index >= 15 is 0 Å². The molecule has 0 aromatic heterocycles. The van der Waals surface area contributed by atoms with Crippen molar-refractivity contribution in [2.45, 2.75) is 0 Å². The maximum absolute atomic E-state index is 10.9. The Balaban J connectivity index is 1.48. The van der Waals surface area contributed by atoms with Crippen LogP contribution in [-0.2, 0) is 0 Å². The van der Waals surface area contributed by atoms with Crippen molar-refractivity contribution in [1.82, 2.24) is 10.0 Å². The predicted molar refractivity (Wildman–Crippen MR) is 105 cm³/mol. The fraction of sp³-hybridized carbons (Fsp3) is 0.200. The van der Waals surface area contributed by atoms with Crippen molar-refractivity contribution in [3.63, 3.8) is 0 Å². The Hall–Kier alpha value is -3.68. The van der Waals surface area contributed by atoms with E-state index in [0.29, 0.717) is 0 Å². The van der Waals surface area contributed by atoms with Crippen LogP contribution in [0.25, 0.3) is 0 Å². The third-order valence-electron chi connectivity index (χ3n) is 4.29. The summed E-state index contributed by atoms with van der Waals surface area (Å²) < 4.78 is 0. The summed E-state index contributed by atoms with van der Waals surface area (Å²) in [6.07, 6.45) is 3.43. The van der Waals surface area contributed by atoms with E-state index in [1.807, 2.05) is 10.0 Å². The van der Waals surface area contributed by atoms with Gasteiger partial charge in [-0.3, -0.25) is 10.0 Å². The minimum atomic E-state index is -0.946. The number of carbonyl (C=O) groups is 2. The molecule has 2 aromatic carbocycles. The highest BCUT2D eigenvalue weighted by atomic mass is 16.4. The molecule has 3 rings (SSSR count). The summed E-state index contributed by atoms with van der Waals surface area (Å²) in [6.45, 7) is 2.88. The molecule has 0 spiro atoms. The highest BCUT2D eigenvalue weighted by molar-refractivity contribution is 5.89. The minimum absolute atomic E-state index is 0.251. The number of nitrogens with zero attached hydrogens (tertiary/aromatic N) is 4. The van der Waals surface area contributed by atoms with Gasteiger partial charge in [-0.15, -0.1) is 0 Å². The fourth-order valence-corrected chi connectivity index (χ4v) is 2.64. The number of rotatable bonds is 6. The zero-order valence-corrected chi connectivity index (χ0v) is 15.1. The molecule has 8 nitrogen and oxygen atoms in total. The van der Waals surface area contributed by atoms with Crippen LogP contribution in [0, 0.1) is 0 Å². The van der Waals surface area contributed by atoms with Gasteiger partial charge in [-0.25, -0.2) is 9.59 Å². The third kappa shape index (κ3) is 5.16. The molecule has 0 amide bonds. The molecule has 8 heteroatoms. The fourth-order valence-electron chi connectivity index (χ4n) is 2.64. The molecular weight excluding hydrogens is 360 g/mol. The zero-order chi connectivity index (χ0) is 19.9. The molecular formula is C20H20N4O4. The number of hydrogen-bond donors (Lipinski definition) is 2. The normalized spacial score (nSPS) is 14.7. The van der Waals surface area contributed by atoms with E-state index in [4.69, 9.17) is 10.2 Å². The molecule has 144 valence electrons. The summed E-state index contributed by atoms with van der Waals surface area (Å²) in [5.74, 6) is -1.89. The molecule has 2 aromatic rings. The van der Waals surface area contributed by atoms with Gasteiger partial charge < -0.3 is 10.2 Å². The molecule has 2 N–H and O–H groups in total. The highest BCUT2D eigenvalue weighted by Crippen LogP contribution is 2.07. The molecule has 0 aliphatic carbocycles. The van der Waals surface area contributed by atoms with Crippen molar-refractivity contribution < 1.29 is 19.8 Å². The number of carboxylic acid groups (broad SMARTS) is 2. The number of hydrazone groups is 2. The van der Waals surface area contributed by atoms with Gasteiger partial charge in [-0.2, -0.15) is 10.2 Å². The summed E-state index contributed by atoms with van der Waals surface area (Å²) in [4.78, 5) is 21.7. The number of aromatic carboxylic acids is 2. The topological polar surface area (TPSA) is 106 Å². The first kappa shape index (κ1) is 19.1. The monoisotopic (exact) mass is 380 g/mol. The van der Waals surface area contributed by atoms with Crippen LogP contribution in [0.2, 0.25) is 0 Å². The van der Waals surface area contributed by atoms with Crippen LogP contribution in [0.3, 0.4) is 0 Å². The van der Waals surface area contributed by atoms with Gasteiger partial charge in [0.25, 0.3) is 0 Å². The lowest BCUT2D eigenvalue weighted by Gasteiger charge is -2.31. The standard InChI is InChI=1S/C20H20N4O4/c25-19(26)17-5-1-15(2-6-17)13-21-23-9-11-24(12-10-23)22-14-16-3-7-18(8-4-16)20(27)28/h1-8,13-14H,9-12H2,(H,25,26)(H,27,28)/b21-13+,22-14+. The molecule has 1 saturated heterocycles. The minimum Gasteiger partial charge on any atom is -0.478 e. The zero-order valence-electron chi connectivity index (χ0n) is 15.1. The quantitative estimate of drug-likeness (QED) is 0.743. The first-order chi connectivity index (χ1) is 13.5. The van der Waals surface area contributed by atoms with Crippen molar-refractivity contribution in [2.75, 3.05) is 26.2 Å². The van der Waals surface area contributed by atoms with E-state index in [1.54, 1.807) is 61.0 Å². The van der Waals surface area contributed by atoms with Crippen LogP contribution in [0.5, 0.6) is 0 Å². The lowest BCUT2D eigenvalue weighted by atomic mass is 10.1. The molecule has 1 aliphatic heterocycles. The number of piperazine rings is 1. The van der Waals surface area contributed by atoms with Crippen LogP contribution in [0.1, 0.15) is 31.8 Å². The lowest BCUT2D eigenvalue weighted by molar-refractivity contribution is 0.0686. The predicted octanol–water partition coefficient (Wildman–Crippen LogP) is 2.07. The summed E-state index contributed by atoms with van der Waals surface area (Å²) in [5.41, 5.74) is 2.19. The average molecular weight is 380 g/mol. The molecule has 0 radical (unpaired) electrons. The average Bonchev–Trinajstić information content (AvgIpc) is 2.72. The van der Waals surface area contributed by atoms with Gasteiger partial charge in [-0.1, -0.05) is 24.3 Å². The summed E-state index contributed by atoms with van der Waals surface area (Å²) in [6, 6.07) is 13.1. The van der Waals surface area contributed by atoms with E-state index in [2.05, 4.69) is 10.2 Å². The molecule has 28 heavy (non-hydrogen) atoms. The lowest BCUT2D eigenvalue weighted by Crippen LogP contribution is -2.41. The second-order valence-corrected chi connectivity index (χ2v) is 6.25. The number of hydrogen-bond acceptors (Lipinski definition) is 6. The van der Waals surface area contributed by atoms with Gasteiger partial charge in [-0.05, 0) is 35.4 Å². The second kappa shape index (κ2) is 8.81. The van der Waals surface area contributed by atoms with Crippen molar-refractivity contribution in [3.05, 3.63) is 70.8 Å². The van der Waals surface area contributed by atoms with Crippen LogP contribution in [0.4, 0.5) is 0 Å². The Labute approximate surface area is 162 Å². The maximum Gasteiger partial charge on any atom is 0.335 e. The van der Waals surface area contributed by atoms with Crippen molar-refractivity contribution in [3.8, 4) is 0 Å². The molecule has 0 saturated carbocycles. The SMILES string of the molecule is O=C(O)c1ccc(/C=N/N2CCN(/N=C/c3ccc(C(=O)O)cc3)CC2)cc1. The van der Waals surface area contributed by atoms with E-state index in [1.165, 1.54) is 0 Å². The molecule has 1 heterocycles. The third-order valence-corrected chi connectivity index (χ3v) is 4.29. The van der Waals surface area contributed by atoms with Crippen LogP contribution < -0.4 is 0 Å². The molecule has 0 atom stereocenters. The molecule has 1 aliphatic rings. The molecule has 1 fully saturated rings. The maximum atomic E-state index is 10.9. The van der Waals surface area contributed by atoms with Gasteiger partial charge >= 0.3 is 11.9 Å².